The minimum atomic E-state index is 0.564. The Labute approximate surface area is 226 Å². The van der Waals surface area contributed by atoms with Crippen molar-refractivity contribution >= 4 is 11.6 Å². The SMILES string of the molecule is CCN(CC)CCOc1ccc(Nc2nc(C)cc(-c3ccc(OCCc4ccc(C)cc4)cc3)n2)cc1. The molecule has 0 fully saturated rings. The number of nitrogens with zero attached hydrogens (tertiary/aromatic N) is 3. The molecule has 6 nitrogen and oxygen atoms in total. The lowest BCUT2D eigenvalue weighted by Crippen LogP contribution is -2.27. The van der Waals surface area contributed by atoms with Crippen molar-refractivity contribution in [1.29, 1.82) is 0 Å². The minimum absolute atomic E-state index is 0.564. The number of anilines is 2. The molecule has 0 aliphatic carbocycles. The number of rotatable bonds is 13. The van der Waals surface area contributed by atoms with Gasteiger partial charge in [0.05, 0.1) is 12.3 Å². The summed E-state index contributed by atoms with van der Waals surface area (Å²) in [7, 11) is 0. The molecule has 0 saturated heterocycles. The van der Waals surface area contributed by atoms with E-state index in [4.69, 9.17) is 14.5 Å². The van der Waals surface area contributed by atoms with E-state index in [2.05, 4.69) is 60.2 Å². The Balaban J connectivity index is 1.33. The molecule has 0 spiro atoms. The molecule has 0 aliphatic rings. The van der Waals surface area contributed by atoms with Gasteiger partial charge in [-0.15, -0.1) is 0 Å². The van der Waals surface area contributed by atoms with Gasteiger partial charge < -0.3 is 19.7 Å². The summed E-state index contributed by atoms with van der Waals surface area (Å²) in [5.41, 5.74) is 6.24. The highest BCUT2D eigenvalue weighted by molar-refractivity contribution is 5.63. The fourth-order valence-corrected chi connectivity index (χ4v) is 4.13. The molecule has 3 aromatic carbocycles. The predicted molar refractivity (Wildman–Crippen MR) is 156 cm³/mol. The number of hydrogen-bond acceptors (Lipinski definition) is 6. The molecule has 4 rings (SSSR count). The van der Waals surface area contributed by atoms with Gasteiger partial charge in [0.25, 0.3) is 0 Å². The molecule has 0 saturated carbocycles. The van der Waals surface area contributed by atoms with E-state index in [0.29, 0.717) is 19.2 Å². The molecule has 1 aromatic heterocycles. The van der Waals surface area contributed by atoms with Crippen LogP contribution in [-0.2, 0) is 6.42 Å². The molecule has 0 amide bonds. The molecule has 0 bridgehead atoms. The second kappa shape index (κ2) is 13.6. The Morgan fingerprint density at radius 1 is 0.737 bits per heavy atom. The maximum absolute atomic E-state index is 5.96. The van der Waals surface area contributed by atoms with Crippen LogP contribution in [-0.4, -0.2) is 47.7 Å². The van der Waals surface area contributed by atoms with E-state index in [1.807, 2.05) is 61.5 Å². The zero-order chi connectivity index (χ0) is 26.7. The first-order chi connectivity index (χ1) is 18.5. The first-order valence-corrected chi connectivity index (χ1v) is 13.4. The standard InChI is InChI=1S/C32H38N4O2/c1-5-36(6-2)20-22-38-30-17-13-28(14-18-30)34-32-33-25(4)23-31(35-32)27-11-15-29(16-12-27)37-21-19-26-9-7-24(3)8-10-26/h7-18,23H,5-6,19-22H2,1-4H3,(H,33,34,35). The molecule has 6 heteroatoms. The van der Waals surface area contributed by atoms with Crippen LogP contribution in [0.1, 0.15) is 30.7 Å². The summed E-state index contributed by atoms with van der Waals surface area (Å²) >= 11 is 0. The van der Waals surface area contributed by atoms with Crippen LogP contribution in [0.2, 0.25) is 0 Å². The highest BCUT2D eigenvalue weighted by Crippen LogP contribution is 2.24. The summed E-state index contributed by atoms with van der Waals surface area (Å²) in [6.45, 7) is 12.7. The van der Waals surface area contributed by atoms with E-state index < -0.39 is 0 Å². The Morgan fingerprint density at radius 2 is 1.37 bits per heavy atom. The van der Waals surface area contributed by atoms with E-state index in [9.17, 15) is 0 Å². The number of aryl methyl sites for hydroxylation is 2. The van der Waals surface area contributed by atoms with Crippen molar-refractivity contribution in [1.82, 2.24) is 14.9 Å². The van der Waals surface area contributed by atoms with Crippen molar-refractivity contribution in [2.45, 2.75) is 34.1 Å². The van der Waals surface area contributed by atoms with Crippen LogP contribution in [0.25, 0.3) is 11.3 Å². The number of aromatic nitrogens is 2. The van der Waals surface area contributed by atoms with E-state index >= 15 is 0 Å². The Bertz CT molecular complexity index is 1270. The first kappa shape index (κ1) is 27.1. The fourth-order valence-electron chi connectivity index (χ4n) is 4.13. The molecule has 1 heterocycles. The van der Waals surface area contributed by atoms with Gasteiger partial charge >= 0.3 is 0 Å². The van der Waals surface area contributed by atoms with Crippen LogP contribution < -0.4 is 14.8 Å². The summed E-state index contributed by atoms with van der Waals surface area (Å²) in [5, 5.41) is 3.32. The molecular formula is C32H38N4O2. The van der Waals surface area contributed by atoms with Crippen LogP contribution in [0, 0.1) is 13.8 Å². The predicted octanol–water partition coefficient (Wildman–Crippen LogP) is 6.85. The maximum atomic E-state index is 5.96. The summed E-state index contributed by atoms with van der Waals surface area (Å²) < 4.78 is 11.8. The maximum Gasteiger partial charge on any atom is 0.227 e. The summed E-state index contributed by atoms with van der Waals surface area (Å²) in [5.74, 6) is 2.27. The smallest absolute Gasteiger partial charge is 0.227 e. The van der Waals surface area contributed by atoms with Crippen molar-refractivity contribution < 1.29 is 9.47 Å². The van der Waals surface area contributed by atoms with Gasteiger partial charge in [0, 0.05) is 29.9 Å². The quantitative estimate of drug-likeness (QED) is 0.212. The average Bonchev–Trinajstić information content (AvgIpc) is 2.93. The minimum Gasteiger partial charge on any atom is -0.493 e. The van der Waals surface area contributed by atoms with E-state index in [-0.39, 0.29) is 0 Å². The molecule has 0 unspecified atom stereocenters. The molecule has 4 aromatic rings. The average molecular weight is 511 g/mol. The lowest BCUT2D eigenvalue weighted by atomic mass is 10.1. The van der Waals surface area contributed by atoms with Gasteiger partial charge in [-0.25, -0.2) is 9.97 Å². The van der Waals surface area contributed by atoms with Gasteiger partial charge in [-0.05, 0) is 87.1 Å². The van der Waals surface area contributed by atoms with E-state index in [1.54, 1.807) is 0 Å². The molecule has 38 heavy (non-hydrogen) atoms. The topological polar surface area (TPSA) is 59.5 Å². The van der Waals surface area contributed by atoms with Crippen molar-refractivity contribution in [3.8, 4) is 22.8 Å². The summed E-state index contributed by atoms with van der Waals surface area (Å²) in [6.07, 6.45) is 0.881. The van der Waals surface area contributed by atoms with Crippen molar-refractivity contribution in [2.24, 2.45) is 0 Å². The second-order valence-electron chi connectivity index (χ2n) is 9.35. The van der Waals surface area contributed by atoms with Crippen molar-refractivity contribution in [3.05, 3.63) is 95.7 Å². The van der Waals surface area contributed by atoms with Crippen LogP contribution in [0.15, 0.2) is 78.9 Å². The van der Waals surface area contributed by atoms with Gasteiger partial charge in [0.15, 0.2) is 0 Å². The third-order valence-corrected chi connectivity index (χ3v) is 6.47. The van der Waals surface area contributed by atoms with Crippen molar-refractivity contribution in [3.63, 3.8) is 0 Å². The Kier molecular flexibility index (Phi) is 9.71. The van der Waals surface area contributed by atoms with Gasteiger partial charge in [0.1, 0.15) is 18.1 Å². The molecule has 0 radical (unpaired) electrons. The molecule has 198 valence electrons. The zero-order valence-corrected chi connectivity index (χ0v) is 22.9. The first-order valence-electron chi connectivity index (χ1n) is 13.4. The summed E-state index contributed by atoms with van der Waals surface area (Å²) in [6, 6.07) is 26.6. The van der Waals surface area contributed by atoms with Crippen LogP contribution >= 0.6 is 0 Å². The highest BCUT2D eigenvalue weighted by Gasteiger charge is 2.07. The zero-order valence-electron chi connectivity index (χ0n) is 22.9. The third-order valence-electron chi connectivity index (χ3n) is 6.47. The van der Waals surface area contributed by atoms with E-state index in [0.717, 1.165) is 60.2 Å². The molecule has 0 aliphatic heterocycles. The number of hydrogen-bond donors (Lipinski definition) is 1. The number of ether oxygens (including phenoxy) is 2. The largest absolute Gasteiger partial charge is 0.493 e. The number of likely N-dealkylation sites (N-methyl/N-ethyl adjacent to an activating group) is 1. The summed E-state index contributed by atoms with van der Waals surface area (Å²) in [4.78, 5) is 11.7. The molecule has 0 atom stereocenters. The van der Waals surface area contributed by atoms with Gasteiger partial charge in [-0.2, -0.15) is 0 Å². The number of benzene rings is 3. The molecule has 1 N–H and O–H groups in total. The Morgan fingerprint density at radius 3 is 2.03 bits per heavy atom. The van der Waals surface area contributed by atoms with Crippen LogP contribution in [0.5, 0.6) is 11.5 Å². The van der Waals surface area contributed by atoms with Crippen LogP contribution in [0.3, 0.4) is 0 Å². The van der Waals surface area contributed by atoms with Gasteiger partial charge in [-0.3, -0.25) is 0 Å². The van der Waals surface area contributed by atoms with E-state index in [1.165, 1.54) is 11.1 Å². The number of nitrogens with one attached hydrogen (secondary N) is 1. The normalized spacial score (nSPS) is 11.0. The van der Waals surface area contributed by atoms with Gasteiger partial charge in [-0.1, -0.05) is 43.7 Å². The third kappa shape index (κ3) is 8.05. The lowest BCUT2D eigenvalue weighted by Gasteiger charge is -2.18. The van der Waals surface area contributed by atoms with Crippen LogP contribution in [0.4, 0.5) is 11.6 Å². The monoisotopic (exact) mass is 510 g/mol. The highest BCUT2D eigenvalue weighted by atomic mass is 16.5. The fraction of sp³-hybridized carbons (Fsp3) is 0.312. The van der Waals surface area contributed by atoms with Crippen molar-refractivity contribution in [2.75, 3.05) is 38.2 Å². The Hall–Kier alpha value is -3.90. The van der Waals surface area contributed by atoms with Gasteiger partial charge in [0.2, 0.25) is 5.95 Å². The lowest BCUT2D eigenvalue weighted by molar-refractivity contribution is 0.223. The second-order valence-corrected chi connectivity index (χ2v) is 9.35. The molecular weight excluding hydrogens is 472 g/mol.